The second-order valence-corrected chi connectivity index (χ2v) is 5.62. The molecule has 0 unspecified atom stereocenters. The molecule has 0 aliphatic rings. The first-order chi connectivity index (χ1) is 12.4. The normalized spacial score (nSPS) is 11.4. The molecule has 26 heavy (non-hydrogen) atoms. The summed E-state index contributed by atoms with van der Waals surface area (Å²) in [7, 11) is 0. The number of terminal acetylenes is 1. The number of nitrogens with zero attached hydrogens (tertiary/aromatic N) is 2. The number of aliphatic imine (C=N–C) groups is 1. The maximum absolute atomic E-state index is 14.3. The van der Waals surface area contributed by atoms with Crippen LogP contribution in [0.25, 0.3) is 22.0 Å². The highest BCUT2D eigenvalue weighted by molar-refractivity contribution is 6.10. The van der Waals surface area contributed by atoms with Crippen LogP contribution in [0.3, 0.4) is 0 Å². The maximum atomic E-state index is 14.3. The molecular weight excluding hydrogens is 336 g/mol. The average Bonchev–Trinajstić information content (AvgIpc) is 2.61. The lowest BCUT2D eigenvalue weighted by Gasteiger charge is -2.10. The highest BCUT2D eigenvalue weighted by atomic mass is 19.1. The van der Waals surface area contributed by atoms with E-state index in [0.717, 1.165) is 6.07 Å². The van der Waals surface area contributed by atoms with E-state index in [4.69, 9.17) is 12.2 Å². The third-order valence-corrected chi connectivity index (χ3v) is 3.87. The minimum absolute atomic E-state index is 0.203. The Morgan fingerprint density at radius 3 is 2.65 bits per heavy atom. The molecule has 0 saturated heterocycles. The zero-order chi connectivity index (χ0) is 18.8. The number of hydrogen-bond donors (Lipinski definition) is 1. The Balaban J connectivity index is 2.26. The molecule has 0 saturated carbocycles. The molecule has 2 aromatic carbocycles. The lowest BCUT2D eigenvalue weighted by atomic mass is 9.97. The molecule has 1 aromatic heterocycles. The fourth-order valence-electron chi connectivity index (χ4n) is 2.70. The SMILES string of the molecule is C#C/C(N)=N\C(=O)c1cc(C)c2nccc(-c3ccc(F)cc3F)c2c1. The topological polar surface area (TPSA) is 68.3 Å². The number of aromatic nitrogens is 1. The number of hydrogen-bond acceptors (Lipinski definition) is 2. The van der Waals surface area contributed by atoms with E-state index in [0.29, 0.717) is 22.0 Å². The van der Waals surface area contributed by atoms with Crippen LogP contribution in [0, 0.1) is 30.9 Å². The van der Waals surface area contributed by atoms with Crippen molar-refractivity contribution in [2.75, 3.05) is 0 Å². The van der Waals surface area contributed by atoms with Crippen molar-refractivity contribution in [2.24, 2.45) is 10.7 Å². The van der Waals surface area contributed by atoms with Crippen LogP contribution < -0.4 is 5.73 Å². The lowest BCUT2D eigenvalue weighted by molar-refractivity contribution is 0.100. The Morgan fingerprint density at radius 1 is 1.19 bits per heavy atom. The Bertz CT molecular complexity index is 1110. The molecule has 6 heteroatoms. The van der Waals surface area contributed by atoms with Crippen LogP contribution in [0.1, 0.15) is 15.9 Å². The van der Waals surface area contributed by atoms with Crippen molar-refractivity contribution in [3.05, 3.63) is 65.4 Å². The number of halogens is 2. The molecule has 128 valence electrons. The summed E-state index contributed by atoms with van der Waals surface area (Å²) in [6, 6.07) is 8.08. The number of benzene rings is 2. The number of pyridine rings is 1. The number of rotatable bonds is 2. The molecule has 0 aliphatic carbocycles. The fraction of sp³-hybridized carbons (Fsp3) is 0.0500. The zero-order valence-corrected chi connectivity index (χ0v) is 13.8. The van der Waals surface area contributed by atoms with Crippen molar-refractivity contribution in [3.63, 3.8) is 0 Å². The largest absolute Gasteiger partial charge is 0.376 e. The maximum Gasteiger partial charge on any atom is 0.279 e. The molecule has 0 spiro atoms. The summed E-state index contributed by atoms with van der Waals surface area (Å²) in [4.78, 5) is 20.2. The smallest absolute Gasteiger partial charge is 0.279 e. The molecule has 0 aliphatic heterocycles. The third kappa shape index (κ3) is 3.15. The van der Waals surface area contributed by atoms with E-state index in [-0.39, 0.29) is 17.0 Å². The van der Waals surface area contributed by atoms with Gasteiger partial charge in [-0.25, -0.2) is 8.78 Å². The van der Waals surface area contributed by atoms with Gasteiger partial charge in [0.15, 0.2) is 5.84 Å². The third-order valence-electron chi connectivity index (χ3n) is 3.87. The van der Waals surface area contributed by atoms with Gasteiger partial charge in [0.1, 0.15) is 11.6 Å². The minimum Gasteiger partial charge on any atom is -0.376 e. The molecule has 3 aromatic rings. The number of carbonyl (C=O) groups is 1. The van der Waals surface area contributed by atoms with Gasteiger partial charge in [-0.2, -0.15) is 4.99 Å². The van der Waals surface area contributed by atoms with Gasteiger partial charge in [0.25, 0.3) is 5.91 Å². The summed E-state index contributed by atoms with van der Waals surface area (Å²) >= 11 is 0. The minimum atomic E-state index is -0.707. The number of amides is 1. The molecule has 1 heterocycles. The van der Waals surface area contributed by atoms with Crippen molar-refractivity contribution in [1.29, 1.82) is 0 Å². The molecule has 0 bridgehead atoms. The first-order valence-electron chi connectivity index (χ1n) is 7.60. The number of nitrogens with two attached hydrogens (primary N) is 1. The van der Waals surface area contributed by atoms with E-state index in [1.807, 2.05) is 0 Å². The quantitative estimate of drug-likeness (QED) is 0.436. The van der Waals surface area contributed by atoms with Crippen molar-refractivity contribution in [1.82, 2.24) is 4.98 Å². The van der Waals surface area contributed by atoms with Crippen LogP contribution in [0.4, 0.5) is 8.78 Å². The average molecular weight is 349 g/mol. The molecule has 0 radical (unpaired) electrons. The van der Waals surface area contributed by atoms with E-state index in [9.17, 15) is 13.6 Å². The summed E-state index contributed by atoms with van der Waals surface area (Å²) in [6.45, 7) is 1.77. The Labute approximate surface area is 148 Å². The van der Waals surface area contributed by atoms with Gasteiger partial charge in [0.2, 0.25) is 0 Å². The summed E-state index contributed by atoms with van der Waals surface area (Å²) < 4.78 is 27.5. The van der Waals surface area contributed by atoms with E-state index in [1.165, 1.54) is 18.3 Å². The van der Waals surface area contributed by atoms with Gasteiger partial charge in [-0.15, -0.1) is 6.42 Å². The second-order valence-electron chi connectivity index (χ2n) is 5.62. The molecule has 3 rings (SSSR count). The van der Waals surface area contributed by atoms with Crippen LogP contribution in [-0.2, 0) is 0 Å². The lowest BCUT2D eigenvalue weighted by Crippen LogP contribution is -2.11. The van der Waals surface area contributed by atoms with Gasteiger partial charge in [0, 0.05) is 28.8 Å². The van der Waals surface area contributed by atoms with Crippen molar-refractivity contribution in [3.8, 4) is 23.5 Å². The van der Waals surface area contributed by atoms with Crippen LogP contribution in [0.15, 0.2) is 47.6 Å². The summed E-state index contributed by atoms with van der Waals surface area (Å²) in [6.07, 6.45) is 6.64. The molecule has 0 atom stereocenters. The molecule has 1 amide bonds. The van der Waals surface area contributed by atoms with Gasteiger partial charge in [0.05, 0.1) is 5.52 Å². The molecular formula is C20H13F2N3O. The van der Waals surface area contributed by atoms with Gasteiger partial charge < -0.3 is 5.73 Å². The number of amidine groups is 1. The van der Waals surface area contributed by atoms with E-state index < -0.39 is 17.5 Å². The molecule has 0 fully saturated rings. The Hall–Kier alpha value is -3.59. The highest BCUT2D eigenvalue weighted by Gasteiger charge is 2.15. The summed E-state index contributed by atoms with van der Waals surface area (Å²) in [5.74, 6) is -0.145. The second kappa shape index (κ2) is 6.73. The van der Waals surface area contributed by atoms with E-state index >= 15 is 0 Å². The zero-order valence-electron chi connectivity index (χ0n) is 13.8. The Kier molecular flexibility index (Phi) is 4.46. The number of carbonyl (C=O) groups excluding carboxylic acids is 1. The van der Waals surface area contributed by atoms with Crippen LogP contribution in [-0.4, -0.2) is 16.7 Å². The van der Waals surface area contributed by atoms with Crippen LogP contribution in [0.2, 0.25) is 0 Å². The first kappa shape index (κ1) is 17.2. The van der Waals surface area contributed by atoms with Crippen LogP contribution >= 0.6 is 0 Å². The predicted octanol–water partition coefficient (Wildman–Crippen LogP) is 3.62. The predicted molar refractivity (Wildman–Crippen MR) is 96.6 cm³/mol. The monoisotopic (exact) mass is 349 g/mol. The molecule has 2 N–H and O–H groups in total. The van der Waals surface area contributed by atoms with Crippen molar-refractivity contribution < 1.29 is 13.6 Å². The standard InChI is InChI=1S/C20H13F2N3O/c1-3-18(23)25-20(26)12-8-11(2)19-16(9-12)14(6-7-24-19)15-5-4-13(21)10-17(15)22/h1,4-10H,2H3,(H2,23,25,26). The van der Waals surface area contributed by atoms with Crippen molar-refractivity contribution >= 4 is 22.6 Å². The van der Waals surface area contributed by atoms with Gasteiger partial charge in [-0.3, -0.25) is 9.78 Å². The van der Waals surface area contributed by atoms with Gasteiger partial charge >= 0.3 is 0 Å². The first-order valence-corrected chi connectivity index (χ1v) is 7.60. The Morgan fingerprint density at radius 2 is 1.96 bits per heavy atom. The van der Waals surface area contributed by atoms with Crippen molar-refractivity contribution in [2.45, 2.75) is 6.92 Å². The van der Waals surface area contributed by atoms with E-state index in [2.05, 4.69) is 15.9 Å². The number of fused-ring (bicyclic) bond motifs is 1. The summed E-state index contributed by atoms with van der Waals surface area (Å²) in [5, 5.41) is 0.538. The van der Waals surface area contributed by atoms with Gasteiger partial charge in [-0.05, 0) is 54.3 Å². The van der Waals surface area contributed by atoms with Crippen LogP contribution in [0.5, 0.6) is 0 Å². The van der Waals surface area contributed by atoms with Gasteiger partial charge in [-0.1, -0.05) is 0 Å². The number of aryl methyl sites for hydroxylation is 1. The fourth-order valence-corrected chi connectivity index (χ4v) is 2.70. The van der Waals surface area contributed by atoms with E-state index in [1.54, 1.807) is 25.1 Å². The summed E-state index contributed by atoms with van der Waals surface area (Å²) in [5.41, 5.74) is 7.63. The molecule has 4 nitrogen and oxygen atoms in total. The highest BCUT2D eigenvalue weighted by Crippen LogP contribution is 2.32.